The maximum absolute atomic E-state index is 6.06. The molecule has 2 rings (SSSR count). The summed E-state index contributed by atoms with van der Waals surface area (Å²) in [6.07, 6.45) is 3.80. The summed E-state index contributed by atoms with van der Waals surface area (Å²) in [5.74, 6) is 1.45. The van der Waals surface area contributed by atoms with E-state index in [9.17, 15) is 0 Å². The molecule has 1 aromatic carbocycles. The lowest BCUT2D eigenvalue weighted by molar-refractivity contribution is 0.306. The van der Waals surface area contributed by atoms with Crippen molar-refractivity contribution < 1.29 is 0 Å². The van der Waals surface area contributed by atoms with Gasteiger partial charge in [0.2, 0.25) is 0 Å². The third kappa shape index (κ3) is 3.24. The molecule has 1 N–H and O–H groups in total. The van der Waals surface area contributed by atoms with Gasteiger partial charge in [0.05, 0.1) is 5.02 Å². The standard InChI is InChI=1S/C14H19BrClN/c1-2-3-11-9-17-7-6-12(11)10-4-5-14(16)13(15)8-10/h4-5,8,11-12,17H,2-3,6-7,9H2,1H3. The molecule has 1 aliphatic heterocycles. The Labute approximate surface area is 117 Å². The average Bonchev–Trinajstić information content (AvgIpc) is 2.34. The molecular weight excluding hydrogens is 298 g/mol. The maximum Gasteiger partial charge on any atom is 0.0548 e. The Balaban J connectivity index is 2.20. The largest absolute Gasteiger partial charge is 0.316 e. The first-order valence-corrected chi connectivity index (χ1v) is 7.55. The zero-order valence-corrected chi connectivity index (χ0v) is 12.5. The van der Waals surface area contributed by atoms with Crippen LogP contribution in [0.3, 0.4) is 0 Å². The van der Waals surface area contributed by atoms with Crippen LogP contribution < -0.4 is 5.32 Å². The summed E-state index contributed by atoms with van der Waals surface area (Å²) in [5.41, 5.74) is 1.43. The molecule has 0 aliphatic carbocycles. The summed E-state index contributed by atoms with van der Waals surface area (Å²) in [5, 5.41) is 4.31. The van der Waals surface area contributed by atoms with Gasteiger partial charge in [-0.1, -0.05) is 31.0 Å². The fourth-order valence-electron chi connectivity index (χ4n) is 2.78. The molecule has 0 bridgehead atoms. The van der Waals surface area contributed by atoms with Crippen LogP contribution in [0.5, 0.6) is 0 Å². The third-order valence-corrected chi connectivity index (χ3v) is 4.85. The van der Waals surface area contributed by atoms with E-state index in [2.05, 4.69) is 40.3 Å². The summed E-state index contributed by atoms with van der Waals surface area (Å²) in [6, 6.07) is 6.39. The highest BCUT2D eigenvalue weighted by Crippen LogP contribution is 2.35. The Hall–Kier alpha value is -0.0500. The number of hydrogen-bond donors (Lipinski definition) is 1. The fraction of sp³-hybridized carbons (Fsp3) is 0.571. The smallest absolute Gasteiger partial charge is 0.0548 e. The van der Waals surface area contributed by atoms with Crippen molar-refractivity contribution in [2.45, 2.75) is 32.1 Å². The van der Waals surface area contributed by atoms with Gasteiger partial charge in [-0.25, -0.2) is 0 Å². The van der Waals surface area contributed by atoms with E-state index < -0.39 is 0 Å². The van der Waals surface area contributed by atoms with E-state index in [4.69, 9.17) is 11.6 Å². The summed E-state index contributed by atoms with van der Waals surface area (Å²) < 4.78 is 1.02. The number of benzene rings is 1. The van der Waals surface area contributed by atoms with Crippen LogP contribution in [0, 0.1) is 5.92 Å². The molecule has 1 aromatic rings. The second-order valence-corrected chi connectivity index (χ2v) is 6.08. The van der Waals surface area contributed by atoms with E-state index in [1.165, 1.54) is 24.8 Å². The van der Waals surface area contributed by atoms with Gasteiger partial charge in [0.1, 0.15) is 0 Å². The molecule has 2 unspecified atom stereocenters. The monoisotopic (exact) mass is 315 g/mol. The molecule has 1 nitrogen and oxygen atoms in total. The summed E-state index contributed by atoms with van der Waals surface area (Å²) >= 11 is 9.58. The van der Waals surface area contributed by atoms with Crippen LogP contribution in [0.15, 0.2) is 22.7 Å². The van der Waals surface area contributed by atoms with Gasteiger partial charge in [0.25, 0.3) is 0 Å². The van der Waals surface area contributed by atoms with Crippen LogP contribution in [0.1, 0.15) is 37.7 Å². The van der Waals surface area contributed by atoms with Crippen LogP contribution in [-0.4, -0.2) is 13.1 Å². The van der Waals surface area contributed by atoms with E-state index >= 15 is 0 Å². The molecule has 0 spiro atoms. The molecular formula is C14H19BrClN. The first-order valence-electron chi connectivity index (χ1n) is 6.38. The highest BCUT2D eigenvalue weighted by Gasteiger charge is 2.25. The van der Waals surface area contributed by atoms with E-state index in [0.717, 1.165) is 28.5 Å². The van der Waals surface area contributed by atoms with Crippen molar-refractivity contribution in [3.63, 3.8) is 0 Å². The lowest BCUT2D eigenvalue weighted by atomic mass is 9.79. The maximum atomic E-state index is 6.06. The second kappa shape index (κ2) is 6.21. The van der Waals surface area contributed by atoms with Crippen LogP contribution in [0.4, 0.5) is 0 Å². The molecule has 0 aromatic heterocycles. The van der Waals surface area contributed by atoms with Crippen molar-refractivity contribution in [1.29, 1.82) is 0 Å². The van der Waals surface area contributed by atoms with Gasteiger partial charge in [-0.3, -0.25) is 0 Å². The minimum Gasteiger partial charge on any atom is -0.316 e. The fourth-order valence-corrected chi connectivity index (χ4v) is 3.29. The minimum atomic E-state index is 0.685. The topological polar surface area (TPSA) is 12.0 Å². The molecule has 1 aliphatic rings. The van der Waals surface area contributed by atoms with Gasteiger partial charge in [0.15, 0.2) is 0 Å². The van der Waals surface area contributed by atoms with Crippen molar-refractivity contribution in [2.75, 3.05) is 13.1 Å². The summed E-state index contributed by atoms with van der Waals surface area (Å²) in [6.45, 7) is 4.55. The van der Waals surface area contributed by atoms with Gasteiger partial charge < -0.3 is 5.32 Å². The molecule has 0 amide bonds. The molecule has 94 valence electrons. The molecule has 2 atom stereocenters. The minimum absolute atomic E-state index is 0.685. The number of hydrogen-bond acceptors (Lipinski definition) is 1. The van der Waals surface area contributed by atoms with Gasteiger partial charge >= 0.3 is 0 Å². The number of piperidine rings is 1. The average molecular weight is 317 g/mol. The Morgan fingerprint density at radius 1 is 1.47 bits per heavy atom. The zero-order valence-electron chi connectivity index (χ0n) is 10.2. The molecule has 1 heterocycles. The highest BCUT2D eigenvalue weighted by atomic mass is 79.9. The number of nitrogens with one attached hydrogen (secondary N) is 1. The van der Waals surface area contributed by atoms with Crippen LogP contribution in [0.2, 0.25) is 5.02 Å². The molecule has 17 heavy (non-hydrogen) atoms. The first kappa shape index (κ1) is 13.4. The summed E-state index contributed by atoms with van der Waals surface area (Å²) in [4.78, 5) is 0. The van der Waals surface area contributed by atoms with Crippen molar-refractivity contribution in [3.05, 3.63) is 33.3 Å². The Bertz CT molecular complexity index is 378. The van der Waals surface area contributed by atoms with Crippen molar-refractivity contribution in [2.24, 2.45) is 5.92 Å². The van der Waals surface area contributed by atoms with Gasteiger partial charge in [0, 0.05) is 4.47 Å². The predicted octanol–water partition coefficient (Wildman–Crippen LogP) is 4.60. The summed E-state index contributed by atoms with van der Waals surface area (Å²) in [7, 11) is 0. The molecule has 0 radical (unpaired) electrons. The van der Waals surface area contributed by atoms with Crippen LogP contribution in [0.25, 0.3) is 0 Å². The van der Waals surface area contributed by atoms with E-state index in [0.29, 0.717) is 5.92 Å². The predicted molar refractivity (Wildman–Crippen MR) is 77.8 cm³/mol. The molecule has 3 heteroatoms. The molecule has 0 saturated carbocycles. The Kier molecular flexibility index (Phi) is 4.89. The SMILES string of the molecule is CCCC1CNCCC1c1ccc(Cl)c(Br)c1. The third-order valence-electron chi connectivity index (χ3n) is 3.64. The van der Waals surface area contributed by atoms with E-state index in [1.807, 2.05) is 6.07 Å². The molecule has 1 fully saturated rings. The second-order valence-electron chi connectivity index (χ2n) is 4.82. The Morgan fingerprint density at radius 3 is 3.00 bits per heavy atom. The van der Waals surface area contributed by atoms with Crippen molar-refractivity contribution in [1.82, 2.24) is 5.32 Å². The lowest BCUT2D eigenvalue weighted by Crippen LogP contribution is -2.35. The van der Waals surface area contributed by atoms with Gasteiger partial charge in [-0.05, 0) is 71.4 Å². The van der Waals surface area contributed by atoms with Gasteiger partial charge in [-0.2, -0.15) is 0 Å². The van der Waals surface area contributed by atoms with Crippen LogP contribution >= 0.6 is 27.5 Å². The zero-order chi connectivity index (χ0) is 12.3. The number of rotatable bonds is 3. The van der Waals surface area contributed by atoms with Crippen LogP contribution in [-0.2, 0) is 0 Å². The normalized spacial score (nSPS) is 24.9. The number of halogens is 2. The Morgan fingerprint density at radius 2 is 2.29 bits per heavy atom. The van der Waals surface area contributed by atoms with E-state index in [-0.39, 0.29) is 0 Å². The highest BCUT2D eigenvalue weighted by molar-refractivity contribution is 9.10. The van der Waals surface area contributed by atoms with Crippen molar-refractivity contribution in [3.8, 4) is 0 Å². The van der Waals surface area contributed by atoms with E-state index in [1.54, 1.807) is 0 Å². The lowest BCUT2D eigenvalue weighted by Gasteiger charge is -2.32. The van der Waals surface area contributed by atoms with Gasteiger partial charge in [-0.15, -0.1) is 0 Å². The quantitative estimate of drug-likeness (QED) is 0.859. The van der Waals surface area contributed by atoms with Crippen molar-refractivity contribution >= 4 is 27.5 Å². The molecule has 1 saturated heterocycles. The first-order chi connectivity index (χ1) is 8.22.